The molecule has 1 fully saturated rings. The van der Waals surface area contributed by atoms with Crippen LogP contribution < -0.4 is 14.7 Å². The fourth-order valence-electron chi connectivity index (χ4n) is 2.89. The summed E-state index contributed by atoms with van der Waals surface area (Å²) in [5, 5.41) is 9.01. The second-order valence-corrected chi connectivity index (χ2v) is 6.35. The SMILES string of the molecule is Cc1cc(N(C)C)nc(N2CCN(c3cc(F)cc(C#N)c3)CC2)n1. The van der Waals surface area contributed by atoms with Crippen molar-refractivity contribution in [3.05, 3.63) is 41.3 Å². The third kappa shape index (κ3) is 3.79. The molecule has 1 saturated heterocycles. The Bertz CT molecular complexity index is 806. The highest BCUT2D eigenvalue weighted by Gasteiger charge is 2.21. The van der Waals surface area contributed by atoms with E-state index in [0.29, 0.717) is 5.56 Å². The molecule has 2 heterocycles. The first-order valence-electron chi connectivity index (χ1n) is 8.20. The lowest BCUT2D eigenvalue weighted by Gasteiger charge is -2.36. The molecule has 1 aromatic carbocycles. The molecule has 1 aliphatic rings. The summed E-state index contributed by atoms with van der Waals surface area (Å²) in [5.74, 6) is 1.23. The predicted octanol–water partition coefficient (Wildman–Crippen LogP) is 2.19. The third-order valence-electron chi connectivity index (χ3n) is 4.23. The molecule has 3 rings (SSSR count). The number of aryl methyl sites for hydroxylation is 1. The van der Waals surface area contributed by atoms with E-state index in [1.807, 2.05) is 38.1 Å². The van der Waals surface area contributed by atoms with Gasteiger partial charge in [-0.2, -0.15) is 10.2 Å². The van der Waals surface area contributed by atoms with Gasteiger partial charge in [0.05, 0.1) is 11.6 Å². The molecule has 25 heavy (non-hydrogen) atoms. The van der Waals surface area contributed by atoms with Crippen LogP contribution in [-0.4, -0.2) is 50.2 Å². The number of nitrogens with zero attached hydrogens (tertiary/aromatic N) is 6. The van der Waals surface area contributed by atoms with Crippen molar-refractivity contribution >= 4 is 17.5 Å². The highest BCUT2D eigenvalue weighted by Crippen LogP contribution is 2.22. The lowest BCUT2D eigenvalue weighted by atomic mass is 10.2. The van der Waals surface area contributed by atoms with Gasteiger partial charge in [0.2, 0.25) is 5.95 Å². The first kappa shape index (κ1) is 17.0. The molecule has 1 aliphatic heterocycles. The van der Waals surface area contributed by atoms with Gasteiger partial charge in [0.25, 0.3) is 0 Å². The van der Waals surface area contributed by atoms with Crippen molar-refractivity contribution in [2.24, 2.45) is 0 Å². The summed E-state index contributed by atoms with van der Waals surface area (Å²) in [7, 11) is 3.92. The highest BCUT2D eigenvalue weighted by atomic mass is 19.1. The molecular formula is C18H21FN6. The molecular weight excluding hydrogens is 319 g/mol. The molecule has 7 heteroatoms. The van der Waals surface area contributed by atoms with Crippen LogP contribution in [0.25, 0.3) is 0 Å². The molecule has 0 N–H and O–H groups in total. The van der Waals surface area contributed by atoms with E-state index in [1.165, 1.54) is 12.1 Å². The normalized spacial score (nSPS) is 14.4. The van der Waals surface area contributed by atoms with Crippen LogP contribution in [0.1, 0.15) is 11.3 Å². The minimum absolute atomic E-state index is 0.343. The van der Waals surface area contributed by atoms with Gasteiger partial charge >= 0.3 is 0 Å². The summed E-state index contributed by atoms with van der Waals surface area (Å²) < 4.78 is 13.7. The minimum Gasteiger partial charge on any atom is -0.368 e. The van der Waals surface area contributed by atoms with Crippen molar-refractivity contribution < 1.29 is 4.39 Å². The van der Waals surface area contributed by atoms with Crippen LogP contribution in [0.4, 0.5) is 21.8 Å². The van der Waals surface area contributed by atoms with Gasteiger partial charge < -0.3 is 14.7 Å². The van der Waals surface area contributed by atoms with Gasteiger partial charge in [0.15, 0.2) is 0 Å². The Kier molecular flexibility index (Phi) is 4.70. The molecule has 6 nitrogen and oxygen atoms in total. The smallest absolute Gasteiger partial charge is 0.227 e. The number of nitriles is 1. The van der Waals surface area contributed by atoms with Crippen LogP contribution in [-0.2, 0) is 0 Å². The second kappa shape index (κ2) is 6.93. The van der Waals surface area contributed by atoms with Gasteiger partial charge in [0, 0.05) is 57.7 Å². The van der Waals surface area contributed by atoms with E-state index in [4.69, 9.17) is 5.26 Å². The predicted molar refractivity (Wildman–Crippen MR) is 96.6 cm³/mol. The summed E-state index contributed by atoms with van der Waals surface area (Å²) in [6.45, 7) is 4.90. The van der Waals surface area contributed by atoms with E-state index in [0.717, 1.165) is 49.3 Å². The maximum Gasteiger partial charge on any atom is 0.227 e. The Labute approximate surface area is 147 Å². The lowest BCUT2D eigenvalue weighted by molar-refractivity contribution is 0.617. The van der Waals surface area contributed by atoms with Crippen molar-refractivity contribution in [1.82, 2.24) is 9.97 Å². The number of anilines is 3. The van der Waals surface area contributed by atoms with Crippen LogP contribution in [0.3, 0.4) is 0 Å². The quantitative estimate of drug-likeness (QED) is 0.854. The molecule has 0 amide bonds. The highest BCUT2D eigenvalue weighted by molar-refractivity contribution is 5.53. The monoisotopic (exact) mass is 340 g/mol. The number of piperazine rings is 1. The van der Waals surface area contributed by atoms with Crippen LogP contribution in [0.15, 0.2) is 24.3 Å². The number of hydrogen-bond acceptors (Lipinski definition) is 6. The minimum atomic E-state index is -0.380. The summed E-state index contributed by atoms with van der Waals surface area (Å²) in [4.78, 5) is 15.4. The van der Waals surface area contributed by atoms with E-state index in [1.54, 1.807) is 6.07 Å². The van der Waals surface area contributed by atoms with Crippen molar-refractivity contribution in [3.8, 4) is 6.07 Å². The molecule has 0 radical (unpaired) electrons. The maximum absolute atomic E-state index is 13.7. The Morgan fingerprint density at radius 3 is 2.36 bits per heavy atom. The van der Waals surface area contributed by atoms with Gasteiger partial charge in [-0.3, -0.25) is 0 Å². The zero-order valence-electron chi connectivity index (χ0n) is 14.7. The summed E-state index contributed by atoms with van der Waals surface area (Å²) in [6.07, 6.45) is 0. The maximum atomic E-state index is 13.7. The molecule has 0 aliphatic carbocycles. The Morgan fingerprint density at radius 1 is 1.04 bits per heavy atom. The number of benzene rings is 1. The molecule has 0 atom stereocenters. The van der Waals surface area contributed by atoms with Crippen LogP contribution in [0.5, 0.6) is 0 Å². The fourth-order valence-corrected chi connectivity index (χ4v) is 2.89. The van der Waals surface area contributed by atoms with Crippen LogP contribution >= 0.6 is 0 Å². The van der Waals surface area contributed by atoms with Crippen molar-refractivity contribution in [3.63, 3.8) is 0 Å². The largest absolute Gasteiger partial charge is 0.368 e. The third-order valence-corrected chi connectivity index (χ3v) is 4.23. The molecule has 0 saturated carbocycles. The summed E-state index contributed by atoms with van der Waals surface area (Å²) in [6, 6.07) is 8.41. The van der Waals surface area contributed by atoms with E-state index < -0.39 is 0 Å². The van der Waals surface area contributed by atoms with Gasteiger partial charge in [-0.15, -0.1) is 0 Å². The number of rotatable bonds is 3. The van der Waals surface area contributed by atoms with Crippen molar-refractivity contribution in [1.29, 1.82) is 5.26 Å². The zero-order valence-corrected chi connectivity index (χ0v) is 14.7. The van der Waals surface area contributed by atoms with Gasteiger partial charge in [0.1, 0.15) is 11.6 Å². The zero-order chi connectivity index (χ0) is 18.0. The number of halogens is 1. The Morgan fingerprint density at radius 2 is 1.72 bits per heavy atom. The molecule has 1 aromatic heterocycles. The fraction of sp³-hybridized carbons (Fsp3) is 0.389. The van der Waals surface area contributed by atoms with Gasteiger partial charge in [-0.1, -0.05) is 0 Å². The van der Waals surface area contributed by atoms with E-state index >= 15 is 0 Å². The van der Waals surface area contributed by atoms with Crippen LogP contribution in [0, 0.1) is 24.1 Å². The summed E-state index contributed by atoms with van der Waals surface area (Å²) in [5.41, 5.74) is 2.02. The average Bonchev–Trinajstić information content (AvgIpc) is 2.60. The van der Waals surface area contributed by atoms with Gasteiger partial charge in [-0.25, -0.2) is 9.37 Å². The number of aromatic nitrogens is 2. The van der Waals surface area contributed by atoms with Crippen LogP contribution in [0.2, 0.25) is 0 Å². The molecule has 0 unspecified atom stereocenters. The van der Waals surface area contributed by atoms with Gasteiger partial charge in [-0.05, 0) is 25.1 Å². The molecule has 130 valence electrons. The van der Waals surface area contributed by atoms with E-state index in [2.05, 4.69) is 19.8 Å². The van der Waals surface area contributed by atoms with Crippen molar-refractivity contribution in [2.45, 2.75) is 6.92 Å². The van der Waals surface area contributed by atoms with E-state index in [-0.39, 0.29) is 5.82 Å². The molecule has 2 aromatic rings. The summed E-state index contributed by atoms with van der Waals surface area (Å²) >= 11 is 0. The first-order valence-corrected chi connectivity index (χ1v) is 8.20. The Balaban J connectivity index is 1.74. The lowest BCUT2D eigenvalue weighted by Crippen LogP contribution is -2.47. The average molecular weight is 340 g/mol. The standard InChI is InChI=1S/C18H21FN6/c1-13-8-17(23(2)3)22-18(21-13)25-6-4-24(5-7-25)16-10-14(12-20)9-15(19)11-16/h8-11H,4-7H2,1-3H3. The first-order chi connectivity index (χ1) is 12.0. The second-order valence-electron chi connectivity index (χ2n) is 6.35. The molecule has 0 bridgehead atoms. The number of hydrogen-bond donors (Lipinski definition) is 0. The molecule has 0 spiro atoms. The van der Waals surface area contributed by atoms with Crippen molar-refractivity contribution in [2.75, 3.05) is 55.0 Å². The topological polar surface area (TPSA) is 59.3 Å². The Hall–Kier alpha value is -2.88. The van der Waals surface area contributed by atoms with E-state index in [9.17, 15) is 4.39 Å².